The molecule has 0 saturated carbocycles. The Balaban J connectivity index is 2.39. The third-order valence-electron chi connectivity index (χ3n) is 2.73. The minimum absolute atomic E-state index is 0.190. The van der Waals surface area contributed by atoms with Crippen molar-refractivity contribution < 1.29 is 9.47 Å². The summed E-state index contributed by atoms with van der Waals surface area (Å²) in [6, 6.07) is 12.6. The second-order valence-electron chi connectivity index (χ2n) is 4.22. The summed E-state index contributed by atoms with van der Waals surface area (Å²) < 4.78 is 11.2. The van der Waals surface area contributed by atoms with E-state index in [0.717, 1.165) is 11.3 Å². The van der Waals surface area contributed by atoms with Crippen molar-refractivity contribution in [2.45, 2.75) is 13.0 Å². The van der Waals surface area contributed by atoms with Gasteiger partial charge in [-0.1, -0.05) is 23.7 Å². The fourth-order valence-corrected chi connectivity index (χ4v) is 2.08. The van der Waals surface area contributed by atoms with E-state index in [0.29, 0.717) is 16.5 Å². The van der Waals surface area contributed by atoms with E-state index in [4.69, 9.17) is 26.8 Å². The van der Waals surface area contributed by atoms with Gasteiger partial charge in [-0.3, -0.25) is 0 Å². The van der Waals surface area contributed by atoms with Crippen LogP contribution in [-0.2, 0) is 0 Å². The van der Waals surface area contributed by atoms with Gasteiger partial charge in [-0.05, 0) is 37.3 Å². The van der Waals surface area contributed by atoms with Gasteiger partial charge in [0.15, 0.2) is 0 Å². The van der Waals surface area contributed by atoms with E-state index >= 15 is 0 Å². The largest absolute Gasteiger partial charge is 0.496 e. The molecule has 0 heterocycles. The molecule has 100 valence electrons. The minimum atomic E-state index is -0.190. The summed E-state index contributed by atoms with van der Waals surface area (Å²) >= 11 is 5.94. The lowest BCUT2D eigenvalue weighted by Gasteiger charge is -2.17. The molecule has 0 spiro atoms. The quantitative estimate of drug-likeness (QED) is 0.912. The minimum Gasteiger partial charge on any atom is -0.496 e. The molecule has 0 aliphatic carbocycles. The molecule has 0 saturated heterocycles. The van der Waals surface area contributed by atoms with Crippen LogP contribution in [0.1, 0.15) is 18.5 Å². The molecule has 19 heavy (non-hydrogen) atoms. The number of methoxy groups -OCH3 is 1. The van der Waals surface area contributed by atoms with E-state index in [1.165, 1.54) is 0 Å². The molecular formula is C15H16ClNO2. The first-order chi connectivity index (χ1) is 9.11. The topological polar surface area (TPSA) is 44.5 Å². The molecule has 0 aliphatic heterocycles. The van der Waals surface area contributed by atoms with Crippen LogP contribution in [0.4, 0.5) is 0 Å². The Bertz CT molecular complexity index is 570. The summed E-state index contributed by atoms with van der Waals surface area (Å²) in [5.74, 6) is 2.06. The summed E-state index contributed by atoms with van der Waals surface area (Å²) in [4.78, 5) is 0. The van der Waals surface area contributed by atoms with Crippen molar-refractivity contribution in [2.24, 2.45) is 5.73 Å². The summed E-state index contributed by atoms with van der Waals surface area (Å²) in [6.07, 6.45) is 0. The van der Waals surface area contributed by atoms with Gasteiger partial charge >= 0.3 is 0 Å². The molecule has 4 heteroatoms. The van der Waals surface area contributed by atoms with Gasteiger partial charge in [0.05, 0.1) is 12.7 Å². The van der Waals surface area contributed by atoms with Crippen molar-refractivity contribution in [3.8, 4) is 17.2 Å². The highest BCUT2D eigenvalue weighted by Crippen LogP contribution is 2.35. The first-order valence-corrected chi connectivity index (χ1v) is 6.35. The van der Waals surface area contributed by atoms with Crippen LogP contribution < -0.4 is 15.2 Å². The molecule has 0 aliphatic rings. The molecule has 2 rings (SSSR count). The van der Waals surface area contributed by atoms with Crippen molar-refractivity contribution in [3.05, 3.63) is 53.1 Å². The Morgan fingerprint density at radius 1 is 1.11 bits per heavy atom. The van der Waals surface area contributed by atoms with Crippen LogP contribution in [0.15, 0.2) is 42.5 Å². The van der Waals surface area contributed by atoms with Gasteiger partial charge in [0.25, 0.3) is 0 Å². The van der Waals surface area contributed by atoms with Crippen molar-refractivity contribution >= 4 is 11.6 Å². The predicted octanol–water partition coefficient (Wildman–Crippen LogP) is 4.16. The van der Waals surface area contributed by atoms with E-state index in [1.807, 2.05) is 37.3 Å². The first-order valence-electron chi connectivity index (χ1n) is 5.97. The van der Waals surface area contributed by atoms with Crippen molar-refractivity contribution in [1.29, 1.82) is 0 Å². The molecule has 2 aromatic rings. The molecule has 0 aromatic heterocycles. The zero-order valence-corrected chi connectivity index (χ0v) is 11.6. The van der Waals surface area contributed by atoms with Gasteiger partial charge in [0.1, 0.15) is 17.2 Å². The number of hydrogen-bond donors (Lipinski definition) is 1. The molecule has 0 amide bonds. The summed E-state index contributed by atoms with van der Waals surface area (Å²) in [5.41, 5.74) is 6.83. The number of ether oxygens (including phenoxy) is 2. The maximum Gasteiger partial charge on any atom is 0.135 e. The second-order valence-corrected chi connectivity index (χ2v) is 4.66. The van der Waals surface area contributed by atoms with Gasteiger partial charge in [0, 0.05) is 11.1 Å². The molecule has 0 fully saturated rings. The van der Waals surface area contributed by atoms with Crippen molar-refractivity contribution in [1.82, 2.24) is 0 Å². The van der Waals surface area contributed by atoms with Gasteiger partial charge in [-0.2, -0.15) is 0 Å². The average molecular weight is 278 g/mol. The van der Waals surface area contributed by atoms with Crippen LogP contribution in [0.25, 0.3) is 0 Å². The average Bonchev–Trinajstić information content (AvgIpc) is 2.38. The highest BCUT2D eigenvalue weighted by molar-refractivity contribution is 6.30. The molecule has 2 aromatic carbocycles. The van der Waals surface area contributed by atoms with Crippen LogP contribution in [-0.4, -0.2) is 7.11 Å². The Kier molecular flexibility index (Phi) is 4.30. The summed E-state index contributed by atoms with van der Waals surface area (Å²) in [7, 11) is 1.62. The fraction of sp³-hybridized carbons (Fsp3) is 0.200. The Labute approximate surface area is 117 Å². The van der Waals surface area contributed by atoms with Gasteiger partial charge < -0.3 is 15.2 Å². The lowest BCUT2D eigenvalue weighted by Crippen LogP contribution is -2.08. The standard InChI is InChI=1S/C15H16ClNO2/c1-10(17)15-13(18-2)7-4-8-14(15)19-12-6-3-5-11(16)9-12/h3-10H,17H2,1-2H3/t10-/m1/s1. The van der Waals surface area contributed by atoms with Crippen molar-refractivity contribution in [2.75, 3.05) is 7.11 Å². The molecule has 0 radical (unpaired) electrons. The van der Waals surface area contributed by atoms with E-state index in [9.17, 15) is 0 Å². The second kappa shape index (κ2) is 5.95. The van der Waals surface area contributed by atoms with Gasteiger partial charge in [0.2, 0.25) is 0 Å². The van der Waals surface area contributed by atoms with Crippen LogP contribution in [0.5, 0.6) is 17.2 Å². The third-order valence-corrected chi connectivity index (χ3v) is 2.96. The maximum atomic E-state index is 5.99. The summed E-state index contributed by atoms with van der Waals surface area (Å²) in [5, 5.41) is 0.628. The molecule has 3 nitrogen and oxygen atoms in total. The number of hydrogen-bond acceptors (Lipinski definition) is 3. The fourth-order valence-electron chi connectivity index (χ4n) is 1.90. The highest BCUT2D eigenvalue weighted by atomic mass is 35.5. The number of nitrogens with two attached hydrogens (primary N) is 1. The molecule has 0 bridgehead atoms. The summed E-state index contributed by atoms with van der Waals surface area (Å²) in [6.45, 7) is 1.89. The lowest BCUT2D eigenvalue weighted by molar-refractivity contribution is 0.397. The van der Waals surface area contributed by atoms with Crippen LogP contribution >= 0.6 is 11.6 Å². The Morgan fingerprint density at radius 3 is 2.42 bits per heavy atom. The van der Waals surface area contributed by atoms with E-state index < -0.39 is 0 Å². The van der Waals surface area contributed by atoms with E-state index in [-0.39, 0.29) is 6.04 Å². The van der Waals surface area contributed by atoms with E-state index in [2.05, 4.69) is 0 Å². The first kappa shape index (κ1) is 13.7. The normalized spacial score (nSPS) is 12.0. The van der Waals surface area contributed by atoms with E-state index in [1.54, 1.807) is 19.2 Å². The molecule has 0 unspecified atom stereocenters. The number of benzene rings is 2. The third kappa shape index (κ3) is 3.19. The SMILES string of the molecule is COc1cccc(Oc2cccc(Cl)c2)c1[C@@H](C)N. The zero-order valence-electron chi connectivity index (χ0n) is 10.9. The molecular weight excluding hydrogens is 262 g/mol. The number of rotatable bonds is 4. The predicted molar refractivity (Wildman–Crippen MR) is 77.1 cm³/mol. The van der Waals surface area contributed by atoms with Crippen LogP contribution in [0.2, 0.25) is 5.02 Å². The van der Waals surface area contributed by atoms with Crippen LogP contribution in [0, 0.1) is 0 Å². The lowest BCUT2D eigenvalue weighted by atomic mass is 10.1. The number of halogens is 1. The monoisotopic (exact) mass is 277 g/mol. The highest BCUT2D eigenvalue weighted by Gasteiger charge is 2.14. The smallest absolute Gasteiger partial charge is 0.135 e. The van der Waals surface area contributed by atoms with Crippen molar-refractivity contribution in [3.63, 3.8) is 0 Å². The van der Waals surface area contributed by atoms with Gasteiger partial charge in [-0.15, -0.1) is 0 Å². The maximum absolute atomic E-state index is 5.99. The zero-order chi connectivity index (χ0) is 13.8. The van der Waals surface area contributed by atoms with Crippen LogP contribution in [0.3, 0.4) is 0 Å². The molecule has 1 atom stereocenters. The Morgan fingerprint density at radius 2 is 1.79 bits per heavy atom. The van der Waals surface area contributed by atoms with Gasteiger partial charge in [-0.25, -0.2) is 0 Å². The molecule has 2 N–H and O–H groups in total. The Hall–Kier alpha value is -1.71.